The van der Waals surface area contributed by atoms with Crippen LogP contribution in [0.3, 0.4) is 0 Å². The van der Waals surface area contributed by atoms with Gasteiger partial charge in [0, 0.05) is 17.8 Å². The Labute approximate surface area is 155 Å². The molecule has 2 aromatic carbocycles. The smallest absolute Gasteiger partial charge is 0.224 e. The molecule has 0 saturated heterocycles. The number of benzene rings is 2. The van der Waals surface area contributed by atoms with Gasteiger partial charge in [-0.25, -0.2) is 0 Å². The lowest BCUT2D eigenvalue weighted by Crippen LogP contribution is -2.13. The van der Waals surface area contributed by atoms with Crippen molar-refractivity contribution in [1.29, 1.82) is 0 Å². The van der Waals surface area contributed by atoms with Crippen LogP contribution in [0.15, 0.2) is 48.5 Å². The van der Waals surface area contributed by atoms with E-state index in [0.29, 0.717) is 32.7 Å². The maximum absolute atomic E-state index is 12.2. The standard InChI is InChI=1S/C21H28N2O3/c1-16(2)26-13-12-25-15-17-6-5-8-19(14-17)23-21(24)11-10-18-7-3-4-9-20(18)22/h3-9,14,16H,10-13,15,22H2,1-2H3,(H,23,24). The fourth-order valence-electron chi connectivity index (χ4n) is 2.51. The summed E-state index contributed by atoms with van der Waals surface area (Å²) in [4.78, 5) is 12.2. The second-order valence-electron chi connectivity index (χ2n) is 6.42. The highest BCUT2D eigenvalue weighted by Crippen LogP contribution is 2.15. The summed E-state index contributed by atoms with van der Waals surface area (Å²) in [6.07, 6.45) is 1.22. The Balaban J connectivity index is 1.76. The molecule has 26 heavy (non-hydrogen) atoms. The Bertz CT molecular complexity index is 701. The van der Waals surface area contributed by atoms with Crippen molar-refractivity contribution in [2.75, 3.05) is 24.3 Å². The molecular weight excluding hydrogens is 328 g/mol. The molecule has 0 unspecified atom stereocenters. The van der Waals surface area contributed by atoms with Crippen LogP contribution in [-0.2, 0) is 27.3 Å². The third-order valence-electron chi connectivity index (χ3n) is 3.83. The summed E-state index contributed by atoms with van der Waals surface area (Å²) in [6, 6.07) is 15.3. The third kappa shape index (κ3) is 7.25. The van der Waals surface area contributed by atoms with Gasteiger partial charge in [0.25, 0.3) is 0 Å². The second-order valence-corrected chi connectivity index (χ2v) is 6.42. The molecule has 2 rings (SSSR count). The SMILES string of the molecule is CC(C)OCCOCc1cccc(NC(=O)CCc2ccccc2N)c1. The summed E-state index contributed by atoms with van der Waals surface area (Å²) in [6.45, 7) is 5.62. The molecule has 0 aliphatic heterocycles. The first kappa shape index (κ1) is 19.9. The number of carbonyl (C=O) groups excluding carboxylic acids is 1. The topological polar surface area (TPSA) is 73.6 Å². The minimum absolute atomic E-state index is 0.0309. The molecule has 0 spiro atoms. The van der Waals surface area contributed by atoms with Crippen LogP contribution in [-0.4, -0.2) is 25.2 Å². The molecule has 0 saturated carbocycles. The van der Waals surface area contributed by atoms with Crippen molar-refractivity contribution in [3.05, 3.63) is 59.7 Å². The van der Waals surface area contributed by atoms with Gasteiger partial charge in [0.05, 0.1) is 25.9 Å². The molecule has 5 heteroatoms. The molecule has 0 heterocycles. The van der Waals surface area contributed by atoms with Crippen LogP contribution in [0.1, 0.15) is 31.4 Å². The number of nitrogens with one attached hydrogen (secondary N) is 1. The van der Waals surface area contributed by atoms with Crippen LogP contribution in [0.25, 0.3) is 0 Å². The molecule has 0 aliphatic carbocycles. The number of nitrogens with two attached hydrogens (primary N) is 1. The Hall–Kier alpha value is -2.37. The highest BCUT2D eigenvalue weighted by Gasteiger charge is 2.06. The molecular formula is C21H28N2O3. The minimum atomic E-state index is -0.0309. The van der Waals surface area contributed by atoms with E-state index in [1.54, 1.807) is 0 Å². The maximum Gasteiger partial charge on any atom is 0.224 e. The summed E-state index contributed by atoms with van der Waals surface area (Å²) in [5.41, 5.74) is 9.41. The van der Waals surface area contributed by atoms with Crippen molar-refractivity contribution >= 4 is 17.3 Å². The van der Waals surface area contributed by atoms with Gasteiger partial charge in [0.1, 0.15) is 0 Å². The number of aryl methyl sites for hydroxylation is 1. The number of rotatable bonds is 10. The fraction of sp³-hybridized carbons (Fsp3) is 0.381. The van der Waals surface area contributed by atoms with Crippen molar-refractivity contribution in [3.8, 4) is 0 Å². The van der Waals surface area contributed by atoms with Gasteiger partial charge in [-0.15, -0.1) is 0 Å². The molecule has 0 bridgehead atoms. The van der Waals surface area contributed by atoms with Crippen LogP contribution in [0.5, 0.6) is 0 Å². The Morgan fingerprint density at radius 2 is 1.92 bits per heavy atom. The van der Waals surface area contributed by atoms with Crippen LogP contribution >= 0.6 is 0 Å². The molecule has 0 aromatic heterocycles. The zero-order chi connectivity index (χ0) is 18.8. The van der Waals surface area contributed by atoms with E-state index in [1.807, 2.05) is 62.4 Å². The first-order valence-corrected chi connectivity index (χ1v) is 8.96. The lowest BCUT2D eigenvalue weighted by atomic mass is 10.1. The normalized spacial score (nSPS) is 10.9. The first-order valence-electron chi connectivity index (χ1n) is 8.96. The molecule has 0 atom stereocenters. The molecule has 0 radical (unpaired) electrons. The summed E-state index contributed by atoms with van der Waals surface area (Å²) < 4.78 is 11.0. The van der Waals surface area contributed by atoms with Crippen molar-refractivity contribution < 1.29 is 14.3 Å². The quantitative estimate of drug-likeness (QED) is 0.502. The average Bonchev–Trinajstić information content (AvgIpc) is 2.61. The van der Waals surface area contributed by atoms with E-state index >= 15 is 0 Å². The van der Waals surface area contributed by atoms with E-state index in [-0.39, 0.29) is 12.0 Å². The molecule has 0 fully saturated rings. The first-order chi connectivity index (χ1) is 12.5. The fourth-order valence-corrected chi connectivity index (χ4v) is 2.51. The summed E-state index contributed by atoms with van der Waals surface area (Å²) >= 11 is 0. The summed E-state index contributed by atoms with van der Waals surface area (Å²) in [7, 11) is 0. The molecule has 2 aromatic rings. The largest absolute Gasteiger partial charge is 0.399 e. The lowest BCUT2D eigenvalue weighted by molar-refractivity contribution is -0.116. The molecule has 5 nitrogen and oxygen atoms in total. The van der Waals surface area contributed by atoms with Gasteiger partial charge in [-0.05, 0) is 49.6 Å². The van der Waals surface area contributed by atoms with Crippen LogP contribution in [0.2, 0.25) is 0 Å². The minimum Gasteiger partial charge on any atom is -0.399 e. The van der Waals surface area contributed by atoms with E-state index < -0.39 is 0 Å². The van der Waals surface area contributed by atoms with Crippen LogP contribution < -0.4 is 11.1 Å². The number of anilines is 2. The number of hydrogen-bond donors (Lipinski definition) is 2. The number of nitrogen functional groups attached to an aromatic ring is 1. The number of ether oxygens (including phenoxy) is 2. The zero-order valence-corrected chi connectivity index (χ0v) is 15.5. The van der Waals surface area contributed by atoms with Crippen molar-refractivity contribution in [2.24, 2.45) is 0 Å². The van der Waals surface area contributed by atoms with E-state index in [0.717, 1.165) is 22.5 Å². The maximum atomic E-state index is 12.2. The van der Waals surface area contributed by atoms with Crippen LogP contribution in [0, 0.1) is 0 Å². The predicted octanol–water partition coefficient (Wildman–Crippen LogP) is 3.78. The number of para-hydroxylation sites is 1. The number of carbonyl (C=O) groups is 1. The Kier molecular flexibility index (Phi) is 8.12. The monoisotopic (exact) mass is 356 g/mol. The second kappa shape index (κ2) is 10.6. The van der Waals surface area contributed by atoms with Gasteiger partial charge >= 0.3 is 0 Å². The van der Waals surface area contributed by atoms with Gasteiger partial charge in [-0.2, -0.15) is 0 Å². The van der Waals surface area contributed by atoms with Gasteiger partial charge in [-0.1, -0.05) is 30.3 Å². The van der Waals surface area contributed by atoms with E-state index in [4.69, 9.17) is 15.2 Å². The Morgan fingerprint density at radius 1 is 1.12 bits per heavy atom. The number of hydrogen-bond acceptors (Lipinski definition) is 4. The molecule has 3 N–H and O–H groups in total. The average molecular weight is 356 g/mol. The zero-order valence-electron chi connectivity index (χ0n) is 15.5. The van der Waals surface area contributed by atoms with Crippen molar-refractivity contribution in [3.63, 3.8) is 0 Å². The third-order valence-corrected chi connectivity index (χ3v) is 3.83. The lowest BCUT2D eigenvalue weighted by Gasteiger charge is -2.10. The van der Waals surface area contributed by atoms with Gasteiger partial charge in [-0.3, -0.25) is 4.79 Å². The van der Waals surface area contributed by atoms with E-state index in [2.05, 4.69) is 5.32 Å². The molecule has 0 aliphatic rings. The predicted molar refractivity (Wildman–Crippen MR) is 105 cm³/mol. The van der Waals surface area contributed by atoms with Gasteiger partial charge in [0.2, 0.25) is 5.91 Å². The number of amides is 1. The van der Waals surface area contributed by atoms with E-state index in [1.165, 1.54) is 0 Å². The Morgan fingerprint density at radius 3 is 2.69 bits per heavy atom. The highest BCUT2D eigenvalue weighted by atomic mass is 16.5. The summed E-state index contributed by atoms with van der Waals surface area (Å²) in [5.74, 6) is -0.0309. The van der Waals surface area contributed by atoms with Crippen molar-refractivity contribution in [2.45, 2.75) is 39.4 Å². The summed E-state index contributed by atoms with van der Waals surface area (Å²) in [5, 5.41) is 2.93. The van der Waals surface area contributed by atoms with Gasteiger partial charge < -0.3 is 20.5 Å². The molecule has 1 amide bonds. The van der Waals surface area contributed by atoms with E-state index in [9.17, 15) is 4.79 Å². The highest BCUT2D eigenvalue weighted by molar-refractivity contribution is 5.91. The molecule has 140 valence electrons. The van der Waals surface area contributed by atoms with Crippen LogP contribution in [0.4, 0.5) is 11.4 Å². The van der Waals surface area contributed by atoms with Crippen molar-refractivity contribution in [1.82, 2.24) is 0 Å². The van der Waals surface area contributed by atoms with Gasteiger partial charge in [0.15, 0.2) is 0 Å².